The second kappa shape index (κ2) is 5.88. The van der Waals surface area contributed by atoms with Crippen LogP contribution in [0.2, 0.25) is 0 Å². The molecule has 2 aromatic rings. The SMILES string of the molecule is CSC(C)CNc1ccnc2c([N+](=O)[O-])cccc12. The largest absolute Gasteiger partial charge is 0.383 e. The van der Waals surface area contributed by atoms with E-state index in [0.717, 1.165) is 17.6 Å². The molecule has 0 aliphatic heterocycles. The van der Waals surface area contributed by atoms with Crippen LogP contribution >= 0.6 is 11.8 Å². The third kappa shape index (κ3) is 2.96. The molecular weight excluding hydrogens is 262 g/mol. The van der Waals surface area contributed by atoms with Crippen LogP contribution in [0.5, 0.6) is 0 Å². The zero-order valence-corrected chi connectivity index (χ0v) is 11.6. The summed E-state index contributed by atoms with van der Waals surface area (Å²) in [7, 11) is 0. The van der Waals surface area contributed by atoms with E-state index in [0.29, 0.717) is 10.8 Å². The number of rotatable bonds is 5. The Morgan fingerprint density at radius 3 is 2.95 bits per heavy atom. The van der Waals surface area contributed by atoms with E-state index >= 15 is 0 Å². The second-order valence-corrected chi connectivity index (χ2v) is 5.49. The fourth-order valence-electron chi connectivity index (χ4n) is 1.80. The van der Waals surface area contributed by atoms with Gasteiger partial charge in [0.1, 0.15) is 5.52 Å². The van der Waals surface area contributed by atoms with E-state index in [-0.39, 0.29) is 5.69 Å². The molecule has 0 saturated heterocycles. The maximum atomic E-state index is 11.0. The Bertz CT molecular complexity index is 603. The molecule has 0 amide bonds. The highest BCUT2D eigenvalue weighted by Gasteiger charge is 2.14. The van der Waals surface area contributed by atoms with Crippen molar-refractivity contribution in [3.8, 4) is 0 Å². The number of nitrogens with one attached hydrogen (secondary N) is 1. The van der Waals surface area contributed by atoms with Gasteiger partial charge in [-0.25, -0.2) is 4.98 Å². The fraction of sp³-hybridized carbons (Fsp3) is 0.308. The first-order chi connectivity index (χ1) is 9.13. The van der Waals surface area contributed by atoms with E-state index in [2.05, 4.69) is 23.5 Å². The number of hydrogen-bond acceptors (Lipinski definition) is 5. The Hall–Kier alpha value is -1.82. The molecule has 0 bridgehead atoms. The number of pyridine rings is 1. The maximum absolute atomic E-state index is 11.0. The Morgan fingerprint density at radius 2 is 2.26 bits per heavy atom. The van der Waals surface area contributed by atoms with Crippen LogP contribution in [0.25, 0.3) is 10.9 Å². The third-order valence-corrected chi connectivity index (χ3v) is 3.90. The van der Waals surface area contributed by atoms with Crippen molar-refractivity contribution in [2.24, 2.45) is 0 Å². The van der Waals surface area contributed by atoms with Crippen molar-refractivity contribution in [1.82, 2.24) is 4.98 Å². The highest BCUT2D eigenvalue weighted by Crippen LogP contribution is 2.28. The van der Waals surface area contributed by atoms with E-state index < -0.39 is 4.92 Å². The van der Waals surface area contributed by atoms with E-state index in [9.17, 15) is 10.1 Å². The molecule has 0 saturated carbocycles. The minimum atomic E-state index is -0.399. The summed E-state index contributed by atoms with van der Waals surface area (Å²) in [5.41, 5.74) is 1.35. The van der Waals surface area contributed by atoms with Crippen LogP contribution in [0.1, 0.15) is 6.92 Å². The van der Waals surface area contributed by atoms with Gasteiger partial charge in [-0.3, -0.25) is 10.1 Å². The predicted octanol–water partition coefficient (Wildman–Crippen LogP) is 3.31. The van der Waals surface area contributed by atoms with Gasteiger partial charge in [0, 0.05) is 35.1 Å². The van der Waals surface area contributed by atoms with E-state index in [1.807, 2.05) is 12.1 Å². The summed E-state index contributed by atoms with van der Waals surface area (Å²) in [6, 6.07) is 6.86. The van der Waals surface area contributed by atoms with Crippen LogP contribution in [0.15, 0.2) is 30.5 Å². The minimum Gasteiger partial charge on any atom is -0.383 e. The van der Waals surface area contributed by atoms with Gasteiger partial charge in [0.05, 0.1) is 4.92 Å². The van der Waals surface area contributed by atoms with E-state index in [1.165, 1.54) is 6.07 Å². The van der Waals surface area contributed by atoms with Crippen molar-refractivity contribution in [2.75, 3.05) is 18.1 Å². The molecule has 0 radical (unpaired) electrons. The van der Waals surface area contributed by atoms with Crippen molar-refractivity contribution >= 4 is 34.0 Å². The van der Waals surface area contributed by atoms with Gasteiger partial charge in [-0.15, -0.1) is 0 Å². The number of nitrogens with zero attached hydrogens (tertiary/aromatic N) is 2. The fourth-order valence-corrected chi connectivity index (χ4v) is 2.05. The van der Waals surface area contributed by atoms with Crippen LogP contribution in [0.3, 0.4) is 0 Å². The highest BCUT2D eigenvalue weighted by molar-refractivity contribution is 7.99. The Kier molecular flexibility index (Phi) is 4.21. The number of non-ortho nitro benzene ring substituents is 1. The van der Waals surface area contributed by atoms with Gasteiger partial charge >= 0.3 is 0 Å². The average molecular weight is 277 g/mol. The first kappa shape index (κ1) is 13.6. The van der Waals surface area contributed by atoms with Crippen molar-refractivity contribution < 1.29 is 4.92 Å². The van der Waals surface area contributed by atoms with Crippen LogP contribution < -0.4 is 5.32 Å². The number of nitro benzene ring substituents is 1. The first-order valence-electron chi connectivity index (χ1n) is 5.92. The lowest BCUT2D eigenvalue weighted by atomic mass is 10.1. The van der Waals surface area contributed by atoms with Crippen LogP contribution in [-0.2, 0) is 0 Å². The lowest BCUT2D eigenvalue weighted by Crippen LogP contribution is -2.12. The molecule has 0 spiro atoms. The Balaban J connectivity index is 2.40. The summed E-state index contributed by atoms with van der Waals surface area (Å²) >= 11 is 1.77. The number of aromatic nitrogens is 1. The lowest BCUT2D eigenvalue weighted by Gasteiger charge is -2.12. The van der Waals surface area contributed by atoms with Gasteiger partial charge in [0.25, 0.3) is 5.69 Å². The molecule has 0 fully saturated rings. The van der Waals surface area contributed by atoms with Gasteiger partial charge in [-0.05, 0) is 12.3 Å². The first-order valence-corrected chi connectivity index (χ1v) is 7.21. The van der Waals surface area contributed by atoms with Crippen molar-refractivity contribution in [3.05, 3.63) is 40.6 Å². The molecule has 6 heteroatoms. The van der Waals surface area contributed by atoms with Crippen LogP contribution in [0, 0.1) is 10.1 Å². The molecule has 1 aromatic carbocycles. The number of anilines is 1. The molecule has 1 N–H and O–H groups in total. The van der Waals surface area contributed by atoms with Gasteiger partial charge < -0.3 is 5.32 Å². The molecule has 1 aromatic heterocycles. The number of para-hydroxylation sites is 1. The number of hydrogen-bond donors (Lipinski definition) is 1. The Morgan fingerprint density at radius 1 is 1.47 bits per heavy atom. The Labute approximate surface area is 115 Å². The number of nitro groups is 1. The third-order valence-electron chi connectivity index (χ3n) is 2.93. The van der Waals surface area contributed by atoms with E-state index in [4.69, 9.17) is 0 Å². The van der Waals surface area contributed by atoms with Gasteiger partial charge in [0.15, 0.2) is 0 Å². The minimum absolute atomic E-state index is 0.0408. The zero-order valence-electron chi connectivity index (χ0n) is 10.8. The number of thioether (sulfide) groups is 1. The summed E-state index contributed by atoms with van der Waals surface area (Å²) in [4.78, 5) is 14.7. The van der Waals surface area contributed by atoms with Gasteiger partial charge in [-0.1, -0.05) is 19.1 Å². The zero-order chi connectivity index (χ0) is 13.8. The quantitative estimate of drug-likeness (QED) is 0.670. The van der Waals surface area contributed by atoms with Crippen molar-refractivity contribution in [3.63, 3.8) is 0 Å². The molecule has 19 heavy (non-hydrogen) atoms. The maximum Gasteiger partial charge on any atom is 0.295 e. The topological polar surface area (TPSA) is 68.1 Å². The molecule has 5 nitrogen and oxygen atoms in total. The highest BCUT2D eigenvalue weighted by atomic mass is 32.2. The number of fused-ring (bicyclic) bond motifs is 1. The molecule has 100 valence electrons. The van der Waals surface area contributed by atoms with Gasteiger partial charge in [-0.2, -0.15) is 11.8 Å². The van der Waals surface area contributed by atoms with Crippen molar-refractivity contribution in [2.45, 2.75) is 12.2 Å². The summed E-state index contributed by atoms with van der Waals surface area (Å²) in [6.07, 6.45) is 3.66. The summed E-state index contributed by atoms with van der Waals surface area (Å²) in [5, 5.41) is 15.6. The molecule has 0 aliphatic carbocycles. The normalized spacial score (nSPS) is 12.3. The summed E-state index contributed by atoms with van der Waals surface area (Å²) < 4.78 is 0. The summed E-state index contributed by atoms with van der Waals surface area (Å²) in [6.45, 7) is 2.94. The summed E-state index contributed by atoms with van der Waals surface area (Å²) in [5.74, 6) is 0. The number of benzene rings is 1. The standard InChI is InChI=1S/C13H15N3O2S/c1-9(19-2)8-15-11-6-7-14-13-10(11)4-3-5-12(13)16(17)18/h3-7,9H,8H2,1-2H3,(H,14,15). The average Bonchev–Trinajstić information content (AvgIpc) is 2.43. The second-order valence-electron chi connectivity index (χ2n) is 4.22. The van der Waals surface area contributed by atoms with Crippen LogP contribution in [-0.4, -0.2) is 28.0 Å². The predicted molar refractivity (Wildman–Crippen MR) is 79.9 cm³/mol. The lowest BCUT2D eigenvalue weighted by molar-refractivity contribution is -0.383. The van der Waals surface area contributed by atoms with Crippen LogP contribution in [0.4, 0.5) is 11.4 Å². The molecule has 1 heterocycles. The smallest absolute Gasteiger partial charge is 0.295 e. The van der Waals surface area contributed by atoms with E-state index in [1.54, 1.807) is 24.0 Å². The molecule has 2 rings (SSSR count). The molecule has 0 aliphatic rings. The van der Waals surface area contributed by atoms with Crippen molar-refractivity contribution in [1.29, 1.82) is 0 Å². The molecule has 1 atom stereocenters. The molecular formula is C13H15N3O2S. The molecule has 1 unspecified atom stereocenters. The van der Waals surface area contributed by atoms with Gasteiger partial charge in [0.2, 0.25) is 0 Å². The monoisotopic (exact) mass is 277 g/mol.